The zero-order valence-electron chi connectivity index (χ0n) is 18.3. The van der Waals surface area contributed by atoms with Crippen LogP contribution in [0.2, 0.25) is 0 Å². The molecular formula is C23H26FN3O5. The predicted molar refractivity (Wildman–Crippen MR) is 119 cm³/mol. The summed E-state index contributed by atoms with van der Waals surface area (Å²) < 4.78 is 20.1. The third kappa shape index (κ3) is 4.57. The Bertz CT molecular complexity index is 1200. The molecule has 170 valence electrons. The quantitative estimate of drug-likeness (QED) is 0.513. The van der Waals surface area contributed by atoms with E-state index < -0.39 is 28.4 Å². The number of ether oxygens (including phenoxy) is 1. The van der Waals surface area contributed by atoms with Crippen molar-refractivity contribution in [2.45, 2.75) is 33.4 Å². The van der Waals surface area contributed by atoms with E-state index in [9.17, 15) is 24.2 Å². The molecule has 2 heterocycles. The topological polar surface area (TPSA) is 114 Å². The Morgan fingerprint density at radius 3 is 2.47 bits per heavy atom. The van der Waals surface area contributed by atoms with Crippen molar-refractivity contribution < 1.29 is 24.1 Å². The van der Waals surface area contributed by atoms with Crippen LogP contribution in [0, 0.1) is 11.2 Å². The summed E-state index contributed by atoms with van der Waals surface area (Å²) in [6.07, 6.45) is 1.22. The monoisotopic (exact) mass is 443 g/mol. The zero-order valence-corrected chi connectivity index (χ0v) is 18.3. The van der Waals surface area contributed by atoms with Crippen LogP contribution in [-0.2, 0) is 6.54 Å². The molecule has 0 bridgehead atoms. The first-order valence-electron chi connectivity index (χ1n) is 10.0. The average molecular weight is 443 g/mol. The van der Waals surface area contributed by atoms with Crippen LogP contribution in [0.5, 0.6) is 5.88 Å². The number of aromatic nitrogens is 2. The number of hydrogen-bond donors (Lipinski definition) is 3. The van der Waals surface area contributed by atoms with Gasteiger partial charge in [-0.1, -0.05) is 32.9 Å². The van der Waals surface area contributed by atoms with E-state index >= 15 is 0 Å². The van der Waals surface area contributed by atoms with Crippen molar-refractivity contribution in [2.24, 2.45) is 5.41 Å². The Morgan fingerprint density at radius 1 is 1.28 bits per heavy atom. The third-order valence-electron chi connectivity index (χ3n) is 5.30. The molecule has 0 aliphatic rings. The molecule has 0 unspecified atom stereocenters. The third-order valence-corrected chi connectivity index (χ3v) is 5.30. The van der Waals surface area contributed by atoms with Gasteiger partial charge in [0.2, 0.25) is 11.3 Å². The van der Waals surface area contributed by atoms with Crippen LogP contribution in [0.4, 0.5) is 10.1 Å². The first kappa shape index (κ1) is 23.2. The van der Waals surface area contributed by atoms with Gasteiger partial charge in [-0.05, 0) is 29.2 Å². The van der Waals surface area contributed by atoms with Gasteiger partial charge in [0.05, 0.1) is 30.8 Å². The molecule has 1 aromatic carbocycles. The molecule has 0 saturated heterocycles. The summed E-state index contributed by atoms with van der Waals surface area (Å²) in [7, 11) is 1.43. The lowest BCUT2D eigenvalue weighted by Crippen LogP contribution is -2.31. The fourth-order valence-electron chi connectivity index (χ4n) is 3.51. The summed E-state index contributed by atoms with van der Waals surface area (Å²) in [6, 6.07) is 6.87. The highest BCUT2D eigenvalue weighted by atomic mass is 19.1. The SMILES string of the molecule is COc1nc2c(cc1NCc1ccc(F)cc1)c(=O)c(C(=O)O)cn2[C@H](CO)C(C)(C)C. The van der Waals surface area contributed by atoms with Crippen LogP contribution in [-0.4, -0.2) is 39.5 Å². The van der Waals surface area contributed by atoms with Gasteiger partial charge in [0.1, 0.15) is 17.0 Å². The minimum absolute atomic E-state index is 0.0787. The van der Waals surface area contributed by atoms with Crippen LogP contribution >= 0.6 is 0 Å². The summed E-state index contributed by atoms with van der Waals surface area (Å²) in [5.74, 6) is -1.52. The lowest BCUT2D eigenvalue weighted by Gasteiger charge is -2.32. The lowest BCUT2D eigenvalue weighted by molar-refractivity contribution is 0.0692. The maximum atomic E-state index is 13.2. The number of halogens is 1. The van der Waals surface area contributed by atoms with E-state index in [1.807, 2.05) is 20.8 Å². The number of pyridine rings is 2. The van der Waals surface area contributed by atoms with Crippen LogP contribution in [0.3, 0.4) is 0 Å². The number of aromatic carboxylic acids is 1. The number of methoxy groups -OCH3 is 1. The number of fused-ring (bicyclic) bond motifs is 1. The van der Waals surface area contributed by atoms with E-state index in [-0.39, 0.29) is 29.3 Å². The fourth-order valence-corrected chi connectivity index (χ4v) is 3.51. The Morgan fingerprint density at radius 2 is 1.94 bits per heavy atom. The van der Waals surface area contributed by atoms with Crippen molar-refractivity contribution in [3.05, 3.63) is 63.7 Å². The fraction of sp³-hybridized carbons (Fsp3) is 0.348. The molecule has 0 saturated carbocycles. The second kappa shape index (κ2) is 8.96. The van der Waals surface area contributed by atoms with Crippen molar-refractivity contribution >= 4 is 22.7 Å². The largest absolute Gasteiger partial charge is 0.479 e. The summed E-state index contributed by atoms with van der Waals surface area (Å²) in [4.78, 5) is 29.2. The number of aliphatic hydroxyl groups excluding tert-OH is 1. The zero-order chi connectivity index (χ0) is 23.6. The number of nitrogens with zero attached hydrogens (tertiary/aromatic N) is 2. The highest BCUT2D eigenvalue weighted by Crippen LogP contribution is 2.34. The first-order valence-corrected chi connectivity index (χ1v) is 10.0. The van der Waals surface area contributed by atoms with Crippen molar-refractivity contribution in [3.8, 4) is 5.88 Å². The molecule has 0 aliphatic carbocycles. The number of aliphatic hydroxyl groups is 1. The Hall–Kier alpha value is -3.46. The van der Waals surface area contributed by atoms with Crippen molar-refractivity contribution in [2.75, 3.05) is 19.0 Å². The second-order valence-corrected chi connectivity index (χ2v) is 8.55. The molecule has 9 heteroatoms. The minimum atomic E-state index is -1.37. The first-order chi connectivity index (χ1) is 15.1. The van der Waals surface area contributed by atoms with E-state index in [0.717, 1.165) is 5.56 Å². The number of rotatable bonds is 7. The summed E-state index contributed by atoms with van der Waals surface area (Å²) in [5, 5.41) is 22.8. The number of hydrogen-bond acceptors (Lipinski definition) is 6. The summed E-state index contributed by atoms with van der Waals surface area (Å²) >= 11 is 0. The molecule has 3 rings (SSSR count). The van der Waals surface area contributed by atoms with E-state index in [4.69, 9.17) is 4.74 Å². The van der Waals surface area contributed by atoms with Gasteiger partial charge in [-0.2, -0.15) is 4.98 Å². The lowest BCUT2D eigenvalue weighted by atomic mass is 9.86. The second-order valence-electron chi connectivity index (χ2n) is 8.55. The van der Waals surface area contributed by atoms with Gasteiger partial charge < -0.3 is 24.8 Å². The normalized spacial score (nSPS) is 12.6. The molecule has 0 aliphatic heterocycles. The van der Waals surface area contributed by atoms with Gasteiger partial charge in [0, 0.05) is 12.7 Å². The van der Waals surface area contributed by atoms with E-state index in [2.05, 4.69) is 10.3 Å². The van der Waals surface area contributed by atoms with Crippen LogP contribution < -0.4 is 15.5 Å². The highest BCUT2D eigenvalue weighted by molar-refractivity contribution is 5.93. The number of carbonyl (C=O) groups is 1. The van der Waals surface area contributed by atoms with Gasteiger partial charge in [0.25, 0.3) is 0 Å². The summed E-state index contributed by atoms with van der Waals surface area (Å²) in [5.41, 5.74) is -0.185. The molecule has 3 N–H and O–H groups in total. The number of carboxylic acid groups (broad SMARTS) is 1. The number of nitrogens with one attached hydrogen (secondary N) is 1. The van der Waals surface area contributed by atoms with Crippen molar-refractivity contribution in [1.29, 1.82) is 0 Å². The molecule has 1 atom stereocenters. The smallest absolute Gasteiger partial charge is 0.341 e. The van der Waals surface area contributed by atoms with Gasteiger partial charge in [-0.3, -0.25) is 4.79 Å². The van der Waals surface area contributed by atoms with Crippen LogP contribution in [0.15, 0.2) is 41.3 Å². The number of benzene rings is 1. The van der Waals surface area contributed by atoms with Crippen molar-refractivity contribution in [1.82, 2.24) is 9.55 Å². The molecule has 3 aromatic rings. The Kier molecular flexibility index (Phi) is 6.50. The van der Waals surface area contributed by atoms with Crippen LogP contribution in [0.1, 0.15) is 42.7 Å². The number of anilines is 1. The van der Waals surface area contributed by atoms with Crippen LogP contribution in [0.25, 0.3) is 11.0 Å². The van der Waals surface area contributed by atoms with Crippen molar-refractivity contribution in [3.63, 3.8) is 0 Å². The number of carboxylic acids is 1. The molecule has 0 amide bonds. The van der Waals surface area contributed by atoms with E-state index in [0.29, 0.717) is 12.2 Å². The van der Waals surface area contributed by atoms with Gasteiger partial charge in [0.15, 0.2) is 0 Å². The molecule has 2 aromatic heterocycles. The minimum Gasteiger partial charge on any atom is -0.479 e. The molecule has 8 nitrogen and oxygen atoms in total. The Labute approximate surface area is 184 Å². The molecule has 0 fully saturated rings. The maximum Gasteiger partial charge on any atom is 0.341 e. The molecule has 32 heavy (non-hydrogen) atoms. The average Bonchev–Trinajstić information content (AvgIpc) is 2.73. The van der Waals surface area contributed by atoms with Gasteiger partial charge >= 0.3 is 5.97 Å². The molecule has 0 spiro atoms. The highest BCUT2D eigenvalue weighted by Gasteiger charge is 2.29. The maximum absolute atomic E-state index is 13.2. The Balaban J connectivity index is 2.20. The standard InChI is InChI=1S/C23H26FN3O5/c1-23(2,3)18(12-28)27-11-16(22(30)31)19(29)15-9-17(21(32-4)26-20(15)27)25-10-13-5-7-14(24)8-6-13/h5-9,11,18,25,28H,10,12H2,1-4H3,(H,30,31)/t18-/m1/s1. The molecule has 0 radical (unpaired) electrons. The van der Waals surface area contributed by atoms with Gasteiger partial charge in [-0.25, -0.2) is 9.18 Å². The van der Waals surface area contributed by atoms with Gasteiger partial charge in [-0.15, -0.1) is 0 Å². The van der Waals surface area contributed by atoms with E-state index in [1.54, 1.807) is 12.1 Å². The summed E-state index contributed by atoms with van der Waals surface area (Å²) in [6.45, 7) is 5.71. The molecular weight excluding hydrogens is 417 g/mol. The van der Waals surface area contributed by atoms with E-state index in [1.165, 1.54) is 36.1 Å². The predicted octanol–water partition coefficient (Wildman–Crippen LogP) is 3.43.